The zero-order valence-corrected chi connectivity index (χ0v) is 12.8. The number of carbonyl (C=O) groups excluding carboxylic acids is 1. The molecular formula is C17H18N2O4. The summed E-state index contributed by atoms with van der Waals surface area (Å²) in [6.45, 7) is 1.99. The summed E-state index contributed by atoms with van der Waals surface area (Å²) in [5.41, 5.74) is 0.561. The average Bonchev–Trinajstić information content (AvgIpc) is 2.53. The number of carbonyl (C=O) groups is 1. The molecule has 0 amide bonds. The molecule has 6 nitrogen and oxygen atoms in total. The summed E-state index contributed by atoms with van der Waals surface area (Å²) in [4.78, 5) is 29.8. The molecule has 0 bridgehead atoms. The van der Waals surface area contributed by atoms with E-state index in [4.69, 9.17) is 4.74 Å². The maximum Gasteiger partial charge on any atom is 0.306 e. The molecule has 0 aliphatic heterocycles. The van der Waals surface area contributed by atoms with Gasteiger partial charge in [-0.15, -0.1) is 0 Å². The Hall–Kier alpha value is -2.89. The number of esters is 1. The van der Waals surface area contributed by atoms with E-state index < -0.39 is 11.5 Å². The topological polar surface area (TPSA) is 92.3 Å². The van der Waals surface area contributed by atoms with Crippen LogP contribution in [0.3, 0.4) is 0 Å². The van der Waals surface area contributed by atoms with Crippen LogP contribution in [0.1, 0.15) is 30.3 Å². The molecular weight excluding hydrogens is 296 g/mol. The minimum atomic E-state index is -0.463. The van der Waals surface area contributed by atoms with E-state index in [1.165, 1.54) is 0 Å². The first kappa shape index (κ1) is 16.5. The number of hydrogen-bond acceptors (Lipinski definition) is 5. The zero-order valence-electron chi connectivity index (χ0n) is 12.8. The predicted octanol–water partition coefficient (Wildman–Crippen LogP) is 2.14. The quantitative estimate of drug-likeness (QED) is 0.797. The van der Waals surface area contributed by atoms with Crippen LogP contribution in [0.15, 0.2) is 35.1 Å². The number of rotatable bonds is 6. The largest absolute Gasteiger partial charge is 0.493 e. The lowest BCUT2D eigenvalue weighted by atomic mass is 10.1. The van der Waals surface area contributed by atoms with Crippen molar-refractivity contribution in [2.75, 3.05) is 6.61 Å². The molecule has 0 radical (unpaired) electrons. The molecule has 0 spiro atoms. The second kappa shape index (κ2) is 7.93. The van der Waals surface area contributed by atoms with E-state index in [2.05, 4.69) is 9.97 Å². The van der Waals surface area contributed by atoms with Crippen LogP contribution in [-0.4, -0.2) is 27.7 Å². The standard InChI is InChI=1S/C17H18N2O4/c1-2-23-15(20)11-9-13-16(21)18-14(19-17(13)22)10-8-12-6-4-3-5-7-12/h3-8,10H,2,9,11H2,1H3,(H2,18,19,21,22). The molecule has 0 aliphatic carbocycles. The lowest BCUT2D eigenvalue weighted by Gasteiger charge is -2.04. The summed E-state index contributed by atoms with van der Waals surface area (Å²) in [6.07, 6.45) is 3.47. The Morgan fingerprint density at radius 1 is 1.30 bits per heavy atom. The first-order valence-corrected chi connectivity index (χ1v) is 7.31. The van der Waals surface area contributed by atoms with Crippen LogP contribution in [0.25, 0.3) is 12.2 Å². The number of benzene rings is 1. The van der Waals surface area contributed by atoms with Gasteiger partial charge < -0.3 is 14.8 Å². The van der Waals surface area contributed by atoms with Crippen molar-refractivity contribution < 1.29 is 14.6 Å². The Kier molecular flexibility index (Phi) is 5.68. The summed E-state index contributed by atoms with van der Waals surface area (Å²) in [5, 5.41) is 9.90. The highest BCUT2D eigenvalue weighted by Crippen LogP contribution is 2.12. The third-order valence-electron chi connectivity index (χ3n) is 3.13. The van der Waals surface area contributed by atoms with Crippen molar-refractivity contribution in [3.8, 4) is 5.88 Å². The molecule has 120 valence electrons. The van der Waals surface area contributed by atoms with Gasteiger partial charge in [0.15, 0.2) is 0 Å². The third kappa shape index (κ3) is 4.81. The molecule has 6 heteroatoms. The van der Waals surface area contributed by atoms with Crippen LogP contribution in [0, 0.1) is 0 Å². The monoisotopic (exact) mass is 314 g/mol. The lowest BCUT2D eigenvalue weighted by Crippen LogP contribution is -2.17. The van der Waals surface area contributed by atoms with Crippen molar-refractivity contribution in [1.82, 2.24) is 9.97 Å². The van der Waals surface area contributed by atoms with Crippen LogP contribution >= 0.6 is 0 Å². The van der Waals surface area contributed by atoms with Crippen molar-refractivity contribution in [1.29, 1.82) is 0 Å². The van der Waals surface area contributed by atoms with Crippen molar-refractivity contribution in [2.45, 2.75) is 19.8 Å². The normalized spacial score (nSPS) is 10.8. The number of aromatic amines is 1. The number of ether oxygens (including phenoxy) is 1. The van der Waals surface area contributed by atoms with Gasteiger partial charge in [0.1, 0.15) is 5.82 Å². The van der Waals surface area contributed by atoms with Gasteiger partial charge in [-0.05, 0) is 25.0 Å². The molecule has 23 heavy (non-hydrogen) atoms. The van der Waals surface area contributed by atoms with E-state index in [9.17, 15) is 14.7 Å². The molecule has 0 saturated carbocycles. The number of nitrogens with one attached hydrogen (secondary N) is 1. The second-order valence-electron chi connectivity index (χ2n) is 4.80. The number of aromatic hydroxyl groups is 1. The molecule has 0 saturated heterocycles. The summed E-state index contributed by atoms with van der Waals surface area (Å²) < 4.78 is 4.79. The molecule has 2 rings (SSSR count). The summed E-state index contributed by atoms with van der Waals surface area (Å²) >= 11 is 0. The molecule has 1 heterocycles. The first-order chi connectivity index (χ1) is 11.1. The Morgan fingerprint density at radius 3 is 2.70 bits per heavy atom. The van der Waals surface area contributed by atoms with Gasteiger partial charge in [0.25, 0.3) is 5.56 Å². The fraction of sp³-hybridized carbons (Fsp3) is 0.235. The number of aromatic nitrogens is 2. The molecule has 0 unspecified atom stereocenters. The highest BCUT2D eigenvalue weighted by molar-refractivity contribution is 5.70. The average molecular weight is 314 g/mol. The van der Waals surface area contributed by atoms with E-state index in [-0.39, 0.29) is 36.7 Å². The number of nitrogens with zero attached hydrogens (tertiary/aromatic N) is 1. The summed E-state index contributed by atoms with van der Waals surface area (Å²) in [6, 6.07) is 9.50. The van der Waals surface area contributed by atoms with Gasteiger partial charge in [-0.1, -0.05) is 36.4 Å². The van der Waals surface area contributed by atoms with Crippen LogP contribution in [0.2, 0.25) is 0 Å². The van der Waals surface area contributed by atoms with Crippen LogP contribution in [0.4, 0.5) is 0 Å². The van der Waals surface area contributed by atoms with E-state index >= 15 is 0 Å². The van der Waals surface area contributed by atoms with Crippen molar-refractivity contribution in [3.63, 3.8) is 0 Å². The highest BCUT2D eigenvalue weighted by atomic mass is 16.5. The Morgan fingerprint density at radius 2 is 2.04 bits per heavy atom. The van der Waals surface area contributed by atoms with Gasteiger partial charge >= 0.3 is 5.97 Å². The minimum absolute atomic E-state index is 0.0192. The van der Waals surface area contributed by atoms with Crippen molar-refractivity contribution >= 4 is 18.1 Å². The molecule has 0 aliphatic rings. The molecule has 1 aromatic heterocycles. The maximum absolute atomic E-state index is 12.0. The zero-order chi connectivity index (χ0) is 16.7. The smallest absolute Gasteiger partial charge is 0.306 e. The van der Waals surface area contributed by atoms with Gasteiger partial charge in [0.2, 0.25) is 5.88 Å². The Labute approximate surface area is 133 Å². The van der Waals surface area contributed by atoms with Crippen molar-refractivity contribution in [2.24, 2.45) is 0 Å². The second-order valence-corrected chi connectivity index (χ2v) is 4.80. The van der Waals surface area contributed by atoms with E-state index in [0.717, 1.165) is 5.56 Å². The third-order valence-corrected chi connectivity index (χ3v) is 3.13. The predicted molar refractivity (Wildman–Crippen MR) is 86.8 cm³/mol. The summed E-state index contributed by atoms with van der Waals surface area (Å²) in [7, 11) is 0. The SMILES string of the molecule is CCOC(=O)CCc1c(O)nc(C=Cc2ccccc2)[nH]c1=O. The van der Waals surface area contributed by atoms with Gasteiger partial charge in [-0.2, -0.15) is 4.98 Å². The Balaban J connectivity index is 2.12. The van der Waals surface area contributed by atoms with E-state index in [0.29, 0.717) is 0 Å². The molecule has 1 aromatic carbocycles. The van der Waals surface area contributed by atoms with Gasteiger partial charge in [-0.25, -0.2) is 0 Å². The Bertz CT molecular complexity index is 751. The first-order valence-electron chi connectivity index (χ1n) is 7.31. The van der Waals surface area contributed by atoms with Crippen LogP contribution < -0.4 is 5.56 Å². The van der Waals surface area contributed by atoms with E-state index in [1.807, 2.05) is 30.3 Å². The maximum atomic E-state index is 12.0. The fourth-order valence-electron chi connectivity index (χ4n) is 2.01. The van der Waals surface area contributed by atoms with Crippen LogP contribution in [0.5, 0.6) is 5.88 Å². The summed E-state index contributed by atoms with van der Waals surface area (Å²) in [5.74, 6) is -0.540. The van der Waals surface area contributed by atoms with E-state index in [1.54, 1.807) is 19.1 Å². The molecule has 2 aromatic rings. The molecule has 0 atom stereocenters. The number of hydrogen-bond donors (Lipinski definition) is 2. The molecule has 2 N–H and O–H groups in total. The number of H-pyrrole nitrogens is 1. The molecule has 0 fully saturated rings. The van der Waals surface area contributed by atoms with Crippen molar-refractivity contribution in [3.05, 3.63) is 57.6 Å². The minimum Gasteiger partial charge on any atom is -0.493 e. The van der Waals surface area contributed by atoms with Crippen LogP contribution in [-0.2, 0) is 16.0 Å². The van der Waals surface area contributed by atoms with Gasteiger partial charge in [-0.3, -0.25) is 9.59 Å². The van der Waals surface area contributed by atoms with Gasteiger partial charge in [0.05, 0.1) is 12.2 Å². The highest BCUT2D eigenvalue weighted by Gasteiger charge is 2.12. The van der Waals surface area contributed by atoms with Gasteiger partial charge in [0, 0.05) is 6.42 Å². The fourth-order valence-corrected chi connectivity index (χ4v) is 2.01. The lowest BCUT2D eigenvalue weighted by molar-refractivity contribution is -0.143.